The van der Waals surface area contributed by atoms with E-state index in [1.165, 1.54) is 24.3 Å². The first kappa shape index (κ1) is 16.9. The van der Waals surface area contributed by atoms with E-state index < -0.39 is 59.0 Å². The molecule has 0 aliphatic heterocycles. The molecule has 1 amide bonds. The third-order valence-corrected chi connectivity index (χ3v) is 3.27. The number of amides is 1. The van der Waals surface area contributed by atoms with Gasteiger partial charge in [0.2, 0.25) is 5.82 Å². The smallest absolute Gasteiger partial charge is 0.326 e. The number of carbonyl (C=O) groups excluding carboxylic acids is 1. The Labute approximate surface area is 139 Å². The molecule has 0 saturated carbocycles. The third kappa shape index (κ3) is 3.76. The van der Waals surface area contributed by atoms with Gasteiger partial charge in [0.15, 0.2) is 23.3 Å². The molecule has 2 rings (SSSR count). The fraction of sp³-hybridized carbons (Fsp3) is 0.125. The highest BCUT2D eigenvalue weighted by Gasteiger charge is 2.30. The molecule has 0 saturated heterocycles. The number of hydrogen-bond acceptors (Lipinski definition) is 2. The molecule has 0 aliphatic carbocycles. The molecule has 2 aromatic carbocycles. The highest BCUT2D eigenvalue weighted by Crippen LogP contribution is 2.24. The van der Waals surface area contributed by atoms with Crippen LogP contribution in [0.25, 0.3) is 0 Å². The zero-order valence-electron chi connectivity index (χ0n) is 13.2. The molecule has 2 N–H and O–H groups in total. The fourth-order valence-corrected chi connectivity index (χ4v) is 2.00. The topological polar surface area (TPSA) is 66.4 Å². The molecular formula is C16H10F5NO3. The van der Waals surface area contributed by atoms with E-state index in [4.69, 9.17) is 6.48 Å². The number of halogens is 5. The molecule has 1 atom stereocenters. The van der Waals surface area contributed by atoms with Crippen molar-refractivity contribution in [2.24, 2.45) is 0 Å². The van der Waals surface area contributed by atoms with E-state index in [2.05, 4.69) is 0 Å². The largest absolute Gasteiger partial charge is 0.480 e. The van der Waals surface area contributed by atoms with Crippen molar-refractivity contribution < 1.29 is 38.0 Å². The van der Waals surface area contributed by atoms with Crippen LogP contribution >= 0.6 is 0 Å². The number of aliphatic carboxylic acids is 1. The molecule has 0 aromatic heterocycles. The van der Waals surface area contributed by atoms with Crippen molar-refractivity contribution >= 4 is 11.9 Å². The Hall–Kier alpha value is -2.97. The van der Waals surface area contributed by atoms with Gasteiger partial charge in [0.1, 0.15) is 6.04 Å². The Morgan fingerprint density at radius 2 is 1.56 bits per heavy atom. The van der Waals surface area contributed by atoms with Crippen molar-refractivity contribution in [1.29, 1.82) is 0 Å². The Bertz CT molecular complexity index is 861. The van der Waals surface area contributed by atoms with Crippen molar-refractivity contribution in [3.63, 3.8) is 0 Å². The van der Waals surface area contributed by atoms with Gasteiger partial charge in [-0.1, -0.05) is 18.2 Å². The number of rotatable bonds is 5. The first-order chi connectivity index (χ1) is 12.1. The molecule has 0 fully saturated rings. The average molecular weight is 360 g/mol. The maximum absolute atomic E-state index is 13.7. The minimum Gasteiger partial charge on any atom is -0.480 e. The van der Waals surface area contributed by atoms with E-state index in [1.54, 1.807) is 0 Å². The minimum atomic E-state index is -2.37. The second kappa shape index (κ2) is 7.29. The second-order valence-electron chi connectivity index (χ2n) is 4.89. The first-order valence-electron chi connectivity index (χ1n) is 7.24. The van der Waals surface area contributed by atoms with Gasteiger partial charge in [0, 0.05) is 17.5 Å². The van der Waals surface area contributed by atoms with E-state index in [-0.39, 0.29) is 11.6 Å². The molecule has 0 radical (unpaired) electrons. The summed E-state index contributed by atoms with van der Waals surface area (Å²) >= 11 is 0. The molecule has 4 nitrogen and oxygen atoms in total. The lowest BCUT2D eigenvalue weighted by Crippen LogP contribution is -2.42. The average Bonchev–Trinajstić information content (AvgIpc) is 2.61. The van der Waals surface area contributed by atoms with Gasteiger partial charge in [-0.05, 0) is 12.1 Å². The molecule has 2 aromatic rings. The van der Waals surface area contributed by atoms with Crippen LogP contribution in [-0.2, 0) is 11.2 Å². The summed E-state index contributed by atoms with van der Waals surface area (Å²) in [6.07, 6.45) is -1.19. The van der Waals surface area contributed by atoms with Crippen molar-refractivity contribution in [1.82, 2.24) is 5.32 Å². The van der Waals surface area contributed by atoms with Gasteiger partial charge < -0.3 is 10.4 Å². The van der Waals surface area contributed by atoms with Gasteiger partial charge in [-0.15, -0.1) is 0 Å². The summed E-state index contributed by atoms with van der Waals surface area (Å²) in [5, 5.41) is 11.0. The lowest BCUT2D eigenvalue weighted by molar-refractivity contribution is -0.139. The molecule has 0 aliphatic rings. The summed E-state index contributed by atoms with van der Waals surface area (Å²) in [4.78, 5) is 23.3. The van der Waals surface area contributed by atoms with Crippen LogP contribution in [0.15, 0.2) is 30.3 Å². The SMILES string of the molecule is [2H]c1ccccc1C(=O)N[C@@H](Cc1c(F)c(F)c(F)c(F)c1F)C(=O)O. The van der Waals surface area contributed by atoms with Crippen LogP contribution in [0.3, 0.4) is 0 Å². The molecule has 0 bridgehead atoms. The minimum absolute atomic E-state index is 0.226. The lowest BCUT2D eigenvalue weighted by Gasteiger charge is -2.16. The monoisotopic (exact) mass is 360 g/mol. The van der Waals surface area contributed by atoms with Gasteiger partial charge in [-0.3, -0.25) is 4.79 Å². The van der Waals surface area contributed by atoms with E-state index in [0.29, 0.717) is 0 Å². The van der Waals surface area contributed by atoms with Crippen LogP contribution in [0.2, 0.25) is 0 Å². The molecular weight excluding hydrogens is 349 g/mol. The quantitative estimate of drug-likeness (QED) is 0.490. The predicted octanol–water partition coefficient (Wildman–Crippen LogP) is 2.81. The molecule has 0 unspecified atom stereocenters. The van der Waals surface area contributed by atoms with Gasteiger partial charge in [0.05, 0.1) is 1.37 Å². The normalized spacial score (nSPS) is 12.4. The Balaban J connectivity index is 2.35. The third-order valence-electron chi connectivity index (χ3n) is 3.27. The number of nitrogens with one attached hydrogen (secondary N) is 1. The van der Waals surface area contributed by atoms with Crippen molar-refractivity contribution in [3.05, 3.63) is 70.5 Å². The molecule has 132 valence electrons. The number of carboxylic acid groups (broad SMARTS) is 1. The van der Waals surface area contributed by atoms with Gasteiger partial charge in [-0.25, -0.2) is 26.7 Å². The molecule has 25 heavy (non-hydrogen) atoms. The number of carboxylic acids is 1. The zero-order valence-corrected chi connectivity index (χ0v) is 12.2. The Kier molecular flexibility index (Phi) is 4.92. The number of hydrogen-bond donors (Lipinski definition) is 2. The van der Waals surface area contributed by atoms with Crippen LogP contribution in [0.4, 0.5) is 22.0 Å². The predicted molar refractivity (Wildman–Crippen MR) is 75.3 cm³/mol. The molecule has 0 heterocycles. The van der Waals surface area contributed by atoms with Gasteiger partial charge in [-0.2, -0.15) is 0 Å². The van der Waals surface area contributed by atoms with Crippen LogP contribution in [0.1, 0.15) is 17.3 Å². The Morgan fingerprint density at radius 3 is 2.08 bits per heavy atom. The van der Waals surface area contributed by atoms with E-state index in [9.17, 15) is 31.5 Å². The van der Waals surface area contributed by atoms with E-state index in [0.717, 1.165) is 0 Å². The van der Waals surface area contributed by atoms with Crippen molar-refractivity contribution in [2.75, 3.05) is 0 Å². The number of carbonyl (C=O) groups is 2. The van der Waals surface area contributed by atoms with E-state index >= 15 is 0 Å². The zero-order chi connectivity index (χ0) is 19.6. The van der Waals surface area contributed by atoms with Crippen molar-refractivity contribution in [2.45, 2.75) is 12.5 Å². The summed E-state index contributed by atoms with van der Waals surface area (Å²) < 4.78 is 74.4. The molecule has 9 heteroatoms. The first-order valence-corrected chi connectivity index (χ1v) is 6.74. The second-order valence-corrected chi connectivity index (χ2v) is 4.89. The summed E-state index contributed by atoms with van der Waals surface area (Å²) in [6.45, 7) is 0. The number of benzene rings is 2. The van der Waals surface area contributed by atoms with Crippen LogP contribution < -0.4 is 5.32 Å². The van der Waals surface area contributed by atoms with Gasteiger partial charge in [0.25, 0.3) is 5.91 Å². The van der Waals surface area contributed by atoms with Crippen LogP contribution in [0, 0.1) is 29.1 Å². The van der Waals surface area contributed by atoms with Crippen LogP contribution in [0.5, 0.6) is 0 Å². The summed E-state index contributed by atoms with van der Waals surface area (Å²) in [5.41, 5.74) is -1.59. The molecule has 0 spiro atoms. The van der Waals surface area contributed by atoms with Crippen molar-refractivity contribution in [3.8, 4) is 0 Å². The van der Waals surface area contributed by atoms with E-state index in [1.807, 2.05) is 5.32 Å². The maximum Gasteiger partial charge on any atom is 0.326 e. The van der Waals surface area contributed by atoms with Gasteiger partial charge >= 0.3 is 5.97 Å². The highest BCUT2D eigenvalue weighted by atomic mass is 19.2. The standard InChI is InChI=1S/C16H10F5NO3/c17-10-8(11(18)13(20)14(21)12(10)19)6-9(16(24)25)22-15(23)7-4-2-1-3-5-7/h1-5,9H,6H2,(H,22,23)(H,24,25)/t9-/m0/s1/i4D. The maximum atomic E-state index is 13.7. The van der Waals surface area contributed by atoms with Crippen LogP contribution in [-0.4, -0.2) is 23.0 Å². The fourth-order valence-electron chi connectivity index (χ4n) is 2.00. The Morgan fingerprint density at radius 1 is 1.00 bits per heavy atom. The summed E-state index contributed by atoms with van der Waals surface area (Å²) in [6, 6.07) is 3.06. The summed E-state index contributed by atoms with van der Waals surface area (Å²) in [7, 11) is 0. The lowest BCUT2D eigenvalue weighted by atomic mass is 10.0. The highest BCUT2D eigenvalue weighted by molar-refractivity contribution is 5.96. The summed E-state index contributed by atoms with van der Waals surface area (Å²) in [5.74, 6) is -14.0.